The average molecular weight is 251 g/mol. The van der Waals surface area contributed by atoms with Crippen LogP contribution in [0.4, 0.5) is 13.2 Å². The summed E-state index contributed by atoms with van der Waals surface area (Å²) >= 11 is 0. The number of alkyl halides is 3. The first-order valence-corrected chi connectivity index (χ1v) is 4.88. The molecule has 0 radical (unpaired) electrons. The molecule has 1 rings (SSSR count). The van der Waals surface area contributed by atoms with E-state index in [1.807, 2.05) is 0 Å². The van der Waals surface area contributed by atoms with Gasteiger partial charge >= 0.3 is 12.1 Å². The van der Waals surface area contributed by atoms with Crippen molar-refractivity contribution in [1.29, 1.82) is 0 Å². The van der Waals surface area contributed by atoms with Gasteiger partial charge in [0, 0.05) is 6.54 Å². The Kier molecular flexibility index (Phi) is 4.17. The summed E-state index contributed by atoms with van der Waals surface area (Å²) in [5.41, 5.74) is 0. The van der Waals surface area contributed by atoms with Crippen LogP contribution in [0.1, 0.15) is 18.7 Å². The number of carbonyl (C=O) groups is 1. The van der Waals surface area contributed by atoms with E-state index in [9.17, 15) is 18.0 Å². The van der Waals surface area contributed by atoms with Crippen LogP contribution in [-0.4, -0.2) is 23.8 Å². The number of nitrogens with one attached hydrogen (secondary N) is 1. The predicted molar refractivity (Wildman–Crippen MR) is 52.3 cm³/mol. The second-order valence-corrected chi connectivity index (χ2v) is 3.58. The SMILES string of the molecule is C[C@@H](NCC(C(=O)O)C(F)(F)F)c1ccco1. The lowest BCUT2D eigenvalue weighted by molar-refractivity contribution is -0.192. The predicted octanol–water partition coefficient (Wildman–Crippen LogP) is 2.19. The van der Waals surface area contributed by atoms with Crippen LogP contribution in [0.2, 0.25) is 0 Å². The second kappa shape index (κ2) is 5.22. The maximum Gasteiger partial charge on any atom is 0.403 e. The third kappa shape index (κ3) is 3.77. The maximum atomic E-state index is 12.3. The van der Waals surface area contributed by atoms with Crippen molar-refractivity contribution >= 4 is 5.97 Å². The highest BCUT2D eigenvalue weighted by Gasteiger charge is 2.44. The molecular weight excluding hydrogens is 239 g/mol. The van der Waals surface area contributed by atoms with Gasteiger partial charge in [-0.2, -0.15) is 13.2 Å². The molecule has 1 heterocycles. The summed E-state index contributed by atoms with van der Waals surface area (Å²) in [6.45, 7) is 0.898. The number of hydrogen-bond acceptors (Lipinski definition) is 3. The monoisotopic (exact) mass is 251 g/mol. The third-order valence-electron chi connectivity index (χ3n) is 2.29. The number of aliphatic carboxylic acids is 1. The number of carboxylic acids is 1. The minimum absolute atomic E-state index is 0.455. The van der Waals surface area contributed by atoms with E-state index in [0.717, 1.165) is 0 Å². The van der Waals surface area contributed by atoms with Gasteiger partial charge in [-0.15, -0.1) is 0 Å². The summed E-state index contributed by atoms with van der Waals surface area (Å²) in [4.78, 5) is 10.5. The molecule has 0 aromatic carbocycles. The lowest BCUT2D eigenvalue weighted by Gasteiger charge is -2.18. The van der Waals surface area contributed by atoms with Crippen molar-refractivity contribution in [3.63, 3.8) is 0 Å². The highest BCUT2D eigenvalue weighted by Crippen LogP contribution is 2.26. The lowest BCUT2D eigenvalue weighted by atomic mass is 10.1. The third-order valence-corrected chi connectivity index (χ3v) is 2.29. The molecule has 2 N–H and O–H groups in total. The molecule has 96 valence electrons. The van der Waals surface area contributed by atoms with Gasteiger partial charge in [0.15, 0.2) is 5.92 Å². The largest absolute Gasteiger partial charge is 0.481 e. The van der Waals surface area contributed by atoms with Gasteiger partial charge in [-0.05, 0) is 19.1 Å². The van der Waals surface area contributed by atoms with Crippen molar-refractivity contribution in [3.8, 4) is 0 Å². The molecule has 4 nitrogen and oxygen atoms in total. The molecule has 2 atom stereocenters. The molecule has 7 heteroatoms. The standard InChI is InChI=1S/C10H12F3NO3/c1-6(8-3-2-4-17-8)14-5-7(9(15)16)10(11,12)13/h2-4,6-7,14H,5H2,1H3,(H,15,16)/t6-,7?/m1/s1. The number of hydrogen-bond donors (Lipinski definition) is 2. The molecule has 0 spiro atoms. The van der Waals surface area contributed by atoms with Gasteiger partial charge in [0.2, 0.25) is 0 Å². The van der Waals surface area contributed by atoms with Crippen molar-refractivity contribution in [2.24, 2.45) is 5.92 Å². The molecule has 0 bridgehead atoms. The van der Waals surface area contributed by atoms with E-state index >= 15 is 0 Å². The maximum absolute atomic E-state index is 12.3. The fourth-order valence-corrected chi connectivity index (χ4v) is 1.28. The van der Waals surface area contributed by atoms with Crippen LogP contribution in [0.3, 0.4) is 0 Å². The van der Waals surface area contributed by atoms with Crippen molar-refractivity contribution in [3.05, 3.63) is 24.2 Å². The molecule has 0 saturated heterocycles. The molecule has 1 unspecified atom stereocenters. The van der Waals surface area contributed by atoms with E-state index in [0.29, 0.717) is 5.76 Å². The summed E-state index contributed by atoms with van der Waals surface area (Å²) < 4.78 is 41.9. The van der Waals surface area contributed by atoms with Gasteiger partial charge < -0.3 is 14.8 Å². The molecule has 1 aromatic heterocycles. The molecular formula is C10H12F3NO3. The van der Waals surface area contributed by atoms with E-state index < -0.39 is 30.7 Å². The summed E-state index contributed by atoms with van der Waals surface area (Å²) in [6.07, 6.45) is -3.37. The van der Waals surface area contributed by atoms with Crippen LogP contribution < -0.4 is 5.32 Å². The first-order valence-electron chi connectivity index (χ1n) is 4.88. The highest BCUT2D eigenvalue weighted by molar-refractivity contribution is 5.71. The summed E-state index contributed by atoms with van der Waals surface area (Å²) in [5, 5.41) is 10.9. The van der Waals surface area contributed by atoms with E-state index in [1.54, 1.807) is 19.1 Å². The van der Waals surface area contributed by atoms with Gasteiger partial charge in [-0.3, -0.25) is 4.79 Å². The Labute approximate surface area is 95.4 Å². The normalized spacial score (nSPS) is 15.5. The van der Waals surface area contributed by atoms with Gasteiger partial charge in [-0.1, -0.05) is 0 Å². The number of rotatable bonds is 5. The Hall–Kier alpha value is -1.50. The molecule has 0 fully saturated rings. The van der Waals surface area contributed by atoms with Crippen LogP contribution in [0.15, 0.2) is 22.8 Å². The van der Waals surface area contributed by atoms with Crippen LogP contribution >= 0.6 is 0 Å². The van der Waals surface area contributed by atoms with Crippen molar-refractivity contribution in [1.82, 2.24) is 5.32 Å². The first kappa shape index (κ1) is 13.6. The topological polar surface area (TPSA) is 62.5 Å². The Morgan fingerprint density at radius 3 is 2.65 bits per heavy atom. The van der Waals surface area contributed by atoms with E-state index in [4.69, 9.17) is 9.52 Å². The zero-order chi connectivity index (χ0) is 13.1. The minimum Gasteiger partial charge on any atom is -0.481 e. The summed E-state index contributed by atoms with van der Waals surface area (Å²) in [7, 11) is 0. The molecule has 1 aromatic rings. The molecule has 0 aliphatic rings. The van der Waals surface area contributed by atoms with Crippen molar-refractivity contribution in [2.45, 2.75) is 19.1 Å². The molecule has 0 amide bonds. The first-order chi connectivity index (χ1) is 7.82. The fraction of sp³-hybridized carbons (Fsp3) is 0.500. The Bertz CT molecular complexity index is 361. The fourth-order valence-electron chi connectivity index (χ4n) is 1.28. The molecule has 0 saturated carbocycles. The zero-order valence-electron chi connectivity index (χ0n) is 8.99. The Balaban J connectivity index is 2.56. The zero-order valence-corrected chi connectivity index (χ0v) is 8.99. The minimum atomic E-state index is -4.76. The van der Waals surface area contributed by atoms with E-state index in [1.165, 1.54) is 6.26 Å². The van der Waals surface area contributed by atoms with Gasteiger partial charge in [-0.25, -0.2) is 0 Å². The number of furan rings is 1. The second-order valence-electron chi connectivity index (χ2n) is 3.58. The Morgan fingerprint density at radius 1 is 1.59 bits per heavy atom. The Morgan fingerprint density at radius 2 is 2.24 bits per heavy atom. The van der Waals surface area contributed by atoms with Crippen molar-refractivity contribution < 1.29 is 27.5 Å². The van der Waals surface area contributed by atoms with Gasteiger partial charge in [0.05, 0.1) is 12.3 Å². The molecule has 0 aliphatic heterocycles. The van der Waals surface area contributed by atoms with Crippen molar-refractivity contribution in [2.75, 3.05) is 6.54 Å². The van der Waals surface area contributed by atoms with Gasteiger partial charge in [0.25, 0.3) is 0 Å². The summed E-state index contributed by atoms with van der Waals surface area (Å²) in [6, 6.07) is 2.72. The molecule has 17 heavy (non-hydrogen) atoms. The van der Waals surface area contributed by atoms with Crippen LogP contribution in [0.5, 0.6) is 0 Å². The number of halogens is 3. The average Bonchev–Trinajstić information content (AvgIpc) is 2.67. The van der Waals surface area contributed by atoms with Gasteiger partial charge in [0.1, 0.15) is 5.76 Å². The van der Waals surface area contributed by atoms with E-state index in [2.05, 4.69) is 5.32 Å². The van der Waals surface area contributed by atoms with Crippen LogP contribution in [0, 0.1) is 5.92 Å². The highest BCUT2D eigenvalue weighted by atomic mass is 19.4. The smallest absolute Gasteiger partial charge is 0.403 e. The lowest BCUT2D eigenvalue weighted by Crippen LogP contribution is -2.39. The number of carboxylic acid groups (broad SMARTS) is 1. The van der Waals surface area contributed by atoms with Crippen LogP contribution in [-0.2, 0) is 4.79 Å². The summed E-state index contributed by atoms with van der Waals surface area (Å²) in [5.74, 6) is -3.85. The van der Waals surface area contributed by atoms with E-state index in [-0.39, 0.29) is 0 Å². The van der Waals surface area contributed by atoms with Crippen LogP contribution in [0.25, 0.3) is 0 Å². The quantitative estimate of drug-likeness (QED) is 0.842. The molecule has 0 aliphatic carbocycles.